The van der Waals surface area contributed by atoms with Crippen molar-refractivity contribution >= 4 is 22.7 Å². The van der Waals surface area contributed by atoms with Gasteiger partial charge < -0.3 is 19.3 Å². The minimum atomic E-state index is -0.454. The molecule has 0 fully saturated rings. The minimum absolute atomic E-state index is 0.154. The maximum Gasteiger partial charge on any atom is 0.259 e. The van der Waals surface area contributed by atoms with E-state index in [1.165, 1.54) is 12.1 Å². The Morgan fingerprint density at radius 3 is 2.62 bits per heavy atom. The molecule has 0 atom stereocenters. The van der Waals surface area contributed by atoms with E-state index in [9.17, 15) is 9.18 Å². The van der Waals surface area contributed by atoms with Gasteiger partial charge in [0.05, 0.1) is 41.2 Å². The lowest BCUT2D eigenvalue weighted by Crippen LogP contribution is -2.14. The first-order valence-corrected chi connectivity index (χ1v) is 10.2. The van der Waals surface area contributed by atoms with Gasteiger partial charge in [-0.1, -0.05) is 17.3 Å². The number of hydrogen-bond acceptors (Lipinski definition) is 6. The zero-order valence-electron chi connectivity index (χ0n) is 17.9. The Balaban J connectivity index is 1.80. The maximum absolute atomic E-state index is 14.4. The highest BCUT2D eigenvalue weighted by Gasteiger charge is 2.21. The van der Waals surface area contributed by atoms with Crippen molar-refractivity contribution in [2.45, 2.75) is 20.8 Å². The maximum atomic E-state index is 14.4. The molecule has 32 heavy (non-hydrogen) atoms. The van der Waals surface area contributed by atoms with Gasteiger partial charge in [0.25, 0.3) is 11.6 Å². The van der Waals surface area contributed by atoms with Crippen LogP contribution in [-0.4, -0.2) is 29.3 Å². The molecular formula is C24H22FN3O4. The molecule has 7 nitrogen and oxygen atoms in total. The number of benzene rings is 2. The van der Waals surface area contributed by atoms with Crippen LogP contribution in [0.3, 0.4) is 0 Å². The molecule has 164 valence electrons. The lowest BCUT2D eigenvalue weighted by Gasteiger charge is -2.14. The molecule has 2 aromatic carbocycles. The number of fused-ring (bicyclic) bond motifs is 1. The molecular weight excluding hydrogens is 413 g/mol. The molecule has 8 heteroatoms. The number of pyridine rings is 1. The Hall–Kier alpha value is -3.94. The Morgan fingerprint density at radius 2 is 1.88 bits per heavy atom. The zero-order chi connectivity index (χ0) is 22.7. The first kappa shape index (κ1) is 21.3. The largest absolute Gasteiger partial charge is 0.494 e. The van der Waals surface area contributed by atoms with Gasteiger partial charge in [-0.2, -0.15) is 0 Å². The van der Waals surface area contributed by atoms with Crippen LogP contribution in [0.25, 0.3) is 22.4 Å². The molecule has 0 bridgehead atoms. The van der Waals surface area contributed by atoms with Gasteiger partial charge in [-0.05, 0) is 51.1 Å². The smallest absolute Gasteiger partial charge is 0.259 e. The van der Waals surface area contributed by atoms with Gasteiger partial charge in [0.2, 0.25) is 0 Å². The van der Waals surface area contributed by atoms with Crippen LogP contribution >= 0.6 is 0 Å². The van der Waals surface area contributed by atoms with Gasteiger partial charge in [-0.25, -0.2) is 9.37 Å². The third kappa shape index (κ3) is 4.12. The molecule has 4 rings (SSSR count). The molecule has 0 unspecified atom stereocenters. The third-order valence-electron chi connectivity index (χ3n) is 4.82. The molecule has 0 aliphatic heterocycles. The van der Waals surface area contributed by atoms with E-state index in [0.29, 0.717) is 41.5 Å². The average molecular weight is 435 g/mol. The topological polar surface area (TPSA) is 86.5 Å². The number of nitrogens with one attached hydrogen (secondary N) is 1. The van der Waals surface area contributed by atoms with Gasteiger partial charge >= 0.3 is 0 Å². The SMILES string of the molecule is CCOc1ccc(OCC)c(NC(=O)c2cc(-c3ccccc3F)nc3onc(C)c23)c1. The number of ether oxygens (including phenoxy) is 2. The summed E-state index contributed by atoms with van der Waals surface area (Å²) in [5, 5.41) is 7.27. The molecule has 1 amide bonds. The van der Waals surface area contributed by atoms with Crippen molar-refractivity contribution < 1.29 is 23.2 Å². The van der Waals surface area contributed by atoms with Crippen LogP contribution in [0.1, 0.15) is 29.9 Å². The first-order valence-electron chi connectivity index (χ1n) is 10.2. The monoisotopic (exact) mass is 435 g/mol. The average Bonchev–Trinajstić information content (AvgIpc) is 3.16. The number of aromatic nitrogens is 2. The van der Waals surface area contributed by atoms with Crippen LogP contribution in [0.15, 0.2) is 53.1 Å². The normalized spacial score (nSPS) is 10.9. The summed E-state index contributed by atoms with van der Waals surface area (Å²) >= 11 is 0. The second-order valence-corrected chi connectivity index (χ2v) is 6.96. The molecule has 0 aliphatic carbocycles. The summed E-state index contributed by atoms with van der Waals surface area (Å²) in [6.45, 7) is 6.36. The van der Waals surface area contributed by atoms with E-state index in [0.717, 1.165) is 0 Å². The van der Waals surface area contributed by atoms with Crippen LogP contribution in [-0.2, 0) is 0 Å². The van der Waals surface area contributed by atoms with Gasteiger partial charge in [-0.3, -0.25) is 4.79 Å². The number of amides is 1. The molecule has 0 spiro atoms. The molecule has 0 aliphatic rings. The van der Waals surface area contributed by atoms with Crippen molar-refractivity contribution in [3.8, 4) is 22.8 Å². The van der Waals surface area contributed by atoms with Crippen LogP contribution in [0, 0.1) is 12.7 Å². The fourth-order valence-corrected chi connectivity index (χ4v) is 3.41. The quantitative estimate of drug-likeness (QED) is 0.419. The highest BCUT2D eigenvalue weighted by molar-refractivity contribution is 6.13. The van der Waals surface area contributed by atoms with Crippen molar-refractivity contribution in [3.63, 3.8) is 0 Å². The Kier molecular flexibility index (Phi) is 6.02. The van der Waals surface area contributed by atoms with E-state index < -0.39 is 11.7 Å². The van der Waals surface area contributed by atoms with E-state index in [1.807, 2.05) is 13.8 Å². The van der Waals surface area contributed by atoms with Crippen molar-refractivity contribution in [2.24, 2.45) is 0 Å². The van der Waals surface area contributed by atoms with Crippen LogP contribution in [0.5, 0.6) is 11.5 Å². The van der Waals surface area contributed by atoms with E-state index in [1.54, 1.807) is 43.3 Å². The predicted molar refractivity (Wildman–Crippen MR) is 119 cm³/mol. The van der Waals surface area contributed by atoms with Crippen molar-refractivity contribution in [1.29, 1.82) is 0 Å². The summed E-state index contributed by atoms with van der Waals surface area (Å²) < 4.78 is 30.9. The summed E-state index contributed by atoms with van der Waals surface area (Å²) in [5.41, 5.74) is 1.90. The van der Waals surface area contributed by atoms with E-state index in [-0.39, 0.29) is 22.5 Å². The molecule has 0 saturated heterocycles. The zero-order valence-corrected chi connectivity index (χ0v) is 17.9. The van der Waals surface area contributed by atoms with Crippen molar-refractivity contribution in [2.75, 3.05) is 18.5 Å². The second-order valence-electron chi connectivity index (χ2n) is 6.96. The van der Waals surface area contributed by atoms with Crippen molar-refractivity contribution in [3.05, 3.63) is 65.6 Å². The third-order valence-corrected chi connectivity index (χ3v) is 4.82. The number of rotatable bonds is 7. The summed E-state index contributed by atoms with van der Waals surface area (Å²) in [6, 6.07) is 13.0. The molecule has 2 aromatic heterocycles. The number of hydrogen-bond donors (Lipinski definition) is 1. The fraction of sp³-hybridized carbons (Fsp3) is 0.208. The minimum Gasteiger partial charge on any atom is -0.494 e. The van der Waals surface area contributed by atoms with E-state index in [4.69, 9.17) is 14.0 Å². The second kappa shape index (κ2) is 9.05. The Labute approximate surface area is 184 Å². The summed E-state index contributed by atoms with van der Waals surface area (Å²) in [4.78, 5) is 17.7. The number of carbonyl (C=O) groups excluding carboxylic acids is 1. The summed E-state index contributed by atoms with van der Waals surface area (Å²) in [5.74, 6) is 0.214. The van der Waals surface area contributed by atoms with Gasteiger partial charge in [0, 0.05) is 11.6 Å². The number of aryl methyl sites for hydroxylation is 1. The summed E-state index contributed by atoms with van der Waals surface area (Å²) in [6.07, 6.45) is 0. The number of carbonyl (C=O) groups is 1. The van der Waals surface area contributed by atoms with Gasteiger partial charge in [-0.15, -0.1) is 0 Å². The number of anilines is 1. The highest BCUT2D eigenvalue weighted by atomic mass is 19.1. The highest BCUT2D eigenvalue weighted by Crippen LogP contribution is 2.32. The molecule has 2 heterocycles. The fourth-order valence-electron chi connectivity index (χ4n) is 3.41. The summed E-state index contributed by atoms with van der Waals surface area (Å²) in [7, 11) is 0. The van der Waals surface area contributed by atoms with Crippen LogP contribution in [0.2, 0.25) is 0 Å². The first-order chi connectivity index (χ1) is 15.5. The van der Waals surface area contributed by atoms with E-state index >= 15 is 0 Å². The Bertz CT molecular complexity index is 1290. The van der Waals surface area contributed by atoms with Crippen molar-refractivity contribution in [1.82, 2.24) is 10.1 Å². The van der Waals surface area contributed by atoms with Crippen LogP contribution in [0.4, 0.5) is 10.1 Å². The van der Waals surface area contributed by atoms with Gasteiger partial charge in [0.1, 0.15) is 17.3 Å². The molecule has 1 N–H and O–H groups in total. The predicted octanol–water partition coefficient (Wildman–Crippen LogP) is 5.39. The lowest BCUT2D eigenvalue weighted by molar-refractivity contribution is 0.102. The van der Waals surface area contributed by atoms with E-state index in [2.05, 4.69) is 15.5 Å². The Morgan fingerprint density at radius 1 is 1.09 bits per heavy atom. The standard InChI is InChI=1S/C24H22FN3O4/c1-4-30-15-10-11-21(31-5-2)20(12-15)26-23(29)17-13-19(16-8-6-7-9-18(16)25)27-24-22(17)14(3)28-32-24/h6-13H,4-5H2,1-3H3,(H,26,29). The lowest BCUT2D eigenvalue weighted by atomic mass is 10.0. The van der Waals surface area contributed by atoms with Crippen LogP contribution < -0.4 is 14.8 Å². The molecule has 4 aromatic rings. The molecule has 0 saturated carbocycles. The number of nitrogens with zero attached hydrogens (tertiary/aromatic N) is 2. The van der Waals surface area contributed by atoms with Gasteiger partial charge in [0.15, 0.2) is 0 Å². The molecule has 0 radical (unpaired) electrons. The number of halogens is 1.